The molecule has 1 atom stereocenters. The molecule has 0 bridgehead atoms. The molecule has 0 saturated carbocycles. The first-order valence-electron chi connectivity index (χ1n) is 3.41. The molecule has 0 aliphatic carbocycles. The Kier molecular flexibility index (Phi) is 1.95. The van der Waals surface area contributed by atoms with Crippen molar-refractivity contribution >= 4 is 17.7 Å². The van der Waals surface area contributed by atoms with Crippen LogP contribution in [0.3, 0.4) is 0 Å². The third-order valence-electron chi connectivity index (χ3n) is 1.46. The van der Waals surface area contributed by atoms with Gasteiger partial charge in [-0.2, -0.15) is 0 Å². The molecule has 0 spiro atoms. The number of thioether (sulfide) groups is 1. The van der Waals surface area contributed by atoms with Gasteiger partial charge in [0.25, 0.3) is 0 Å². The Balaban J connectivity index is 2.53. The normalized spacial score (nSPS) is 26.7. The molecule has 1 unspecified atom stereocenters. The van der Waals surface area contributed by atoms with Gasteiger partial charge in [-0.05, 0) is 5.41 Å². The first-order valence-corrected chi connectivity index (χ1v) is 4.46. The molecule has 0 radical (unpaired) electrons. The maximum atomic E-state index is 10.8. The monoisotopic (exact) mass is 159 g/mol. The molecule has 1 aliphatic heterocycles. The van der Waals surface area contributed by atoms with Crippen LogP contribution >= 0.6 is 11.8 Å². The van der Waals surface area contributed by atoms with Crippen molar-refractivity contribution in [3.8, 4) is 0 Å². The summed E-state index contributed by atoms with van der Waals surface area (Å²) >= 11 is 1.70. The molecule has 1 aliphatic rings. The zero-order valence-corrected chi connectivity index (χ0v) is 7.42. The standard InChI is InChI=1S/C7H13NOS/c1-7(2,3)6-8-5(9)4-10-6/h6H,4H2,1-3H3,(H,8,9). The van der Waals surface area contributed by atoms with Crippen LogP contribution in [-0.2, 0) is 4.79 Å². The van der Waals surface area contributed by atoms with Crippen molar-refractivity contribution in [2.75, 3.05) is 5.75 Å². The average Bonchev–Trinajstić information content (AvgIpc) is 2.11. The van der Waals surface area contributed by atoms with Gasteiger partial charge in [-0.1, -0.05) is 20.8 Å². The second-order valence-electron chi connectivity index (χ2n) is 3.62. The lowest BCUT2D eigenvalue weighted by atomic mass is 9.96. The van der Waals surface area contributed by atoms with E-state index in [1.54, 1.807) is 11.8 Å². The number of rotatable bonds is 0. The van der Waals surface area contributed by atoms with Crippen LogP contribution in [0, 0.1) is 5.41 Å². The van der Waals surface area contributed by atoms with E-state index in [0.29, 0.717) is 11.1 Å². The number of hydrogen-bond donors (Lipinski definition) is 1. The maximum Gasteiger partial charge on any atom is 0.230 e. The quantitative estimate of drug-likeness (QED) is 0.576. The molecule has 0 aromatic heterocycles. The minimum Gasteiger partial charge on any atom is -0.343 e. The summed E-state index contributed by atoms with van der Waals surface area (Å²) in [6.45, 7) is 6.41. The van der Waals surface area contributed by atoms with Gasteiger partial charge in [0.2, 0.25) is 5.91 Å². The van der Waals surface area contributed by atoms with Crippen LogP contribution in [0.15, 0.2) is 0 Å². The smallest absolute Gasteiger partial charge is 0.230 e. The summed E-state index contributed by atoms with van der Waals surface area (Å²) in [6, 6.07) is 0. The highest BCUT2D eigenvalue weighted by Gasteiger charge is 2.31. The number of carbonyl (C=O) groups excluding carboxylic acids is 1. The minimum absolute atomic E-state index is 0.171. The molecule has 2 nitrogen and oxygen atoms in total. The van der Waals surface area contributed by atoms with Gasteiger partial charge in [0.15, 0.2) is 0 Å². The Labute approximate surface area is 65.8 Å². The van der Waals surface area contributed by atoms with Gasteiger partial charge < -0.3 is 5.32 Å². The van der Waals surface area contributed by atoms with E-state index < -0.39 is 0 Å². The summed E-state index contributed by atoms with van der Waals surface area (Å²) in [7, 11) is 0. The lowest BCUT2D eigenvalue weighted by Gasteiger charge is -2.25. The molecule has 1 fully saturated rings. The van der Waals surface area contributed by atoms with E-state index in [4.69, 9.17) is 0 Å². The summed E-state index contributed by atoms with van der Waals surface area (Å²) in [5, 5.41) is 3.22. The fraction of sp³-hybridized carbons (Fsp3) is 0.857. The number of hydrogen-bond acceptors (Lipinski definition) is 2. The maximum absolute atomic E-state index is 10.8. The SMILES string of the molecule is CC(C)(C)C1NC(=O)CS1. The van der Waals surface area contributed by atoms with Gasteiger partial charge in [0.05, 0.1) is 11.1 Å². The van der Waals surface area contributed by atoms with Gasteiger partial charge in [0, 0.05) is 0 Å². The summed E-state index contributed by atoms with van der Waals surface area (Å²) in [4.78, 5) is 10.8. The Hall–Kier alpha value is -0.180. The van der Waals surface area contributed by atoms with Crippen LogP contribution in [-0.4, -0.2) is 17.0 Å². The Morgan fingerprint density at radius 2 is 2.20 bits per heavy atom. The number of nitrogens with one attached hydrogen (secondary N) is 1. The highest BCUT2D eigenvalue weighted by Crippen LogP contribution is 2.31. The van der Waals surface area contributed by atoms with Crippen molar-refractivity contribution in [2.45, 2.75) is 26.1 Å². The third-order valence-corrected chi connectivity index (χ3v) is 3.05. The molecule has 1 amide bonds. The van der Waals surface area contributed by atoms with E-state index in [-0.39, 0.29) is 11.3 Å². The first kappa shape index (κ1) is 7.92. The summed E-state index contributed by atoms with van der Waals surface area (Å²) in [6.07, 6.45) is 0. The summed E-state index contributed by atoms with van der Waals surface area (Å²) in [5.74, 6) is 0.798. The topological polar surface area (TPSA) is 29.1 Å². The molecule has 1 heterocycles. The first-order chi connectivity index (χ1) is 4.50. The molecule has 1 rings (SSSR count). The molecule has 0 aromatic carbocycles. The van der Waals surface area contributed by atoms with Crippen molar-refractivity contribution in [3.63, 3.8) is 0 Å². The molecule has 0 aromatic rings. The van der Waals surface area contributed by atoms with Crippen LogP contribution < -0.4 is 5.32 Å². The van der Waals surface area contributed by atoms with Gasteiger partial charge in [-0.15, -0.1) is 11.8 Å². The second kappa shape index (κ2) is 2.46. The zero-order valence-electron chi connectivity index (χ0n) is 6.60. The van der Waals surface area contributed by atoms with Crippen LogP contribution in [0.2, 0.25) is 0 Å². The average molecular weight is 159 g/mol. The summed E-state index contributed by atoms with van der Waals surface area (Å²) < 4.78 is 0. The molecule has 10 heavy (non-hydrogen) atoms. The molecule has 58 valence electrons. The third kappa shape index (κ3) is 1.66. The van der Waals surface area contributed by atoms with Gasteiger partial charge in [-0.25, -0.2) is 0 Å². The summed E-state index contributed by atoms with van der Waals surface area (Å²) in [5.41, 5.74) is 0.191. The van der Waals surface area contributed by atoms with Crippen molar-refractivity contribution < 1.29 is 4.79 Å². The van der Waals surface area contributed by atoms with Crippen molar-refractivity contribution in [2.24, 2.45) is 5.41 Å². The van der Waals surface area contributed by atoms with Crippen molar-refractivity contribution in [1.82, 2.24) is 5.32 Å². The predicted molar refractivity (Wildman–Crippen MR) is 43.8 cm³/mol. The fourth-order valence-electron chi connectivity index (χ4n) is 0.855. The zero-order chi connectivity index (χ0) is 7.78. The Morgan fingerprint density at radius 1 is 1.60 bits per heavy atom. The van der Waals surface area contributed by atoms with E-state index in [0.717, 1.165) is 0 Å². The van der Waals surface area contributed by atoms with E-state index >= 15 is 0 Å². The lowest BCUT2D eigenvalue weighted by molar-refractivity contribution is -0.118. The van der Waals surface area contributed by atoms with Gasteiger partial charge >= 0.3 is 0 Å². The van der Waals surface area contributed by atoms with Gasteiger partial charge in [0.1, 0.15) is 0 Å². The van der Waals surface area contributed by atoms with Crippen LogP contribution in [0.25, 0.3) is 0 Å². The lowest BCUT2D eigenvalue weighted by Crippen LogP contribution is -2.35. The highest BCUT2D eigenvalue weighted by molar-refractivity contribution is 8.01. The van der Waals surface area contributed by atoms with E-state index in [1.807, 2.05) is 0 Å². The molecule has 1 saturated heterocycles. The molecular formula is C7H13NOS. The van der Waals surface area contributed by atoms with Gasteiger partial charge in [-0.3, -0.25) is 4.79 Å². The Morgan fingerprint density at radius 3 is 2.40 bits per heavy atom. The van der Waals surface area contributed by atoms with Crippen molar-refractivity contribution in [1.29, 1.82) is 0 Å². The molecule has 3 heteroatoms. The van der Waals surface area contributed by atoms with E-state index in [1.165, 1.54) is 0 Å². The second-order valence-corrected chi connectivity index (χ2v) is 4.72. The highest BCUT2D eigenvalue weighted by atomic mass is 32.2. The van der Waals surface area contributed by atoms with Crippen LogP contribution in [0.1, 0.15) is 20.8 Å². The predicted octanol–water partition coefficient (Wildman–Crippen LogP) is 1.22. The molecular weight excluding hydrogens is 146 g/mol. The largest absolute Gasteiger partial charge is 0.343 e. The van der Waals surface area contributed by atoms with E-state index in [2.05, 4.69) is 26.1 Å². The van der Waals surface area contributed by atoms with Crippen LogP contribution in [0.4, 0.5) is 0 Å². The van der Waals surface area contributed by atoms with E-state index in [9.17, 15) is 4.79 Å². The Bertz CT molecular complexity index is 150. The number of amides is 1. The van der Waals surface area contributed by atoms with Crippen LogP contribution in [0.5, 0.6) is 0 Å². The fourth-order valence-corrected chi connectivity index (χ4v) is 1.97. The number of carbonyl (C=O) groups is 1. The van der Waals surface area contributed by atoms with Crippen molar-refractivity contribution in [3.05, 3.63) is 0 Å². The molecule has 1 N–H and O–H groups in total. The minimum atomic E-state index is 0.171.